The van der Waals surface area contributed by atoms with Crippen molar-refractivity contribution in [2.45, 2.75) is 39.7 Å². The summed E-state index contributed by atoms with van der Waals surface area (Å²) in [5.41, 5.74) is 0.397. The van der Waals surface area contributed by atoms with Crippen molar-refractivity contribution in [2.24, 2.45) is 5.41 Å². The smallest absolute Gasteiger partial charge is 0.170 e. The lowest BCUT2D eigenvalue weighted by molar-refractivity contribution is -0.118. The molecule has 0 aromatic heterocycles. The minimum atomic E-state index is -1.18. The lowest BCUT2D eigenvalue weighted by Crippen LogP contribution is -2.43. The summed E-state index contributed by atoms with van der Waals surface area (Å²) in [5.74, 6) is 0. The SMILES string of the molecule is CC1CC(C)(C)CCN1OS(C)=O.I. The van der Waals surface area contributed by atoms with Crippen LogP contribution in [-0.2, 0) is 15.4 Å². The van der Waals surface area contributed by atoms with Gasteiger partial charge in [0.05, 0.1) is 0 Å². The van der Waals surface area contributed by atoms with Crippen LogP contribution in [0.3, 0.4) is 0 Å². The third-order valence-electron chi connectivity index (χ3n) is 2.55. The Balaban J connectivity index is 0.00000169. The molecule has 0 aromatic carbocycles. The van der Waals surface area contributed by atoms with Crippen molar-refractivity contribution in [3.8, 4) is 0 Å². The molecule has 0 saturated carbocycles. The van der Waals surface area contributed by atoms with Crippen LogP contribution in [0.15, 0.2) is 0 Å². The Morgan fingerprint density at radius 2 is 2.07 bits per heavy atom. The molecule has 1 fully saturated rings. The average molecular weight is 333 g/mol. The van der Waals surface area contributed by atoms with Gasteiger partial charge in [0.1, 0.15) is 0 Å². The van der Waals surface area contributed by atoms with Gasteiger partial charge in [-0.15, -0.1) is 24.0 Å². The molecular formula is C9H20INO2S. The van der Waals surface area contributed by atoms with E-state index in [1.54, 1.807) is 6.26 Å². The molecule has 86 valence electrons. The van der Waals surface area contributed by atoms with E-state index in [4.69, 9.17) is 4.28 Å². The molecule has 2 unspecified atom stereocenters. The highest BCUT2D eigenvalue weighted by atomic mass is 127. The molecule has 1 saturated heterocycles. The van der Waals surface area contributed by atoms with Crippen molar-refractivity contribution in [3.05, 3.63) is 0 Å². The zero-order chi connectivity index (χ0) is 10.1. The van der Waals surface area contributed by atoms with Gasteiger partial charge in [-0.05, 0) is 25.2 Å². The quantitative estimate of drug-likeness (QED) is 0.727. The second kappa shape index (κ2) is 5.77. The Morgan fingerprint density at radius 3 is 2.50 bits per heavy atom. The Kier molecular flexibility index (Phi) is 6.10. The minimum Gasteiger partial charge on any atom is -0.228 e. The summed E-state index contributed by atoms with van der Waals surface area (Å²) in [6.07, 6.45) is 3.77. The number of hydroxylamine groups is 2. The van der Waals surface area contributed by atoms with Crippen molar-refractivity contribution in [2.75, 3.05) is 12.8 Å². The first kappa shape index (κ1) is 14.8. The summed E-state index contributed by atoms with van der Waals surface area (Å²) in [6.45, 7) is 7.54. The van der Waals surface area contributed by atoms with Crippen LogP contribution in [-0.4, -0.2) is 28.1 Å². The fourth-order valence-corrected chi connectivity index (χ4v) is 2.37. The molecule has 1 aliphatic heterocycles. The first-order chi connectivity index (χ1) is 5.91. The van der Waals surface area contributed by atoms with Crippen molar-refractivity contribution in [1.82, 2.24) is 5.06 Å². The Bertz CT molecular complexity index is 211. The van der Waals surface area contributed by atoms with Gasteiger partial charge in [0.15, 0.2) is 11.1 Å². The monoisotopic (exact) mass is 333 g/mol. The van der Waals surface area contributed by atoms with Crippen molar-refractivity contribution < 1.29 is 8.49 Å². The normalized spacial score (nSPS) is 29.3. The van der Waals surface area contributed by atoms with E-state index in [-0.39, 0.29) is 24.0 Å². The molecule has 0 spiro atoms. The van der Waals surface area contributed by atoms with E-state index < -0.39 is 11.1 Å². The van der Waals surface area contributed by atoms with E-state index in [1.807, 2.05) is 5.06 Å². The van der Waals surface area contributed by atoms with E-state index in [0.717, 1.165) is 19.4 Å². The van der Waals surface area contributed by atoms with Crippen molar-refractivity contribution in [1.29, 1.82) is 0 Å². The van der Waals surface area contributed by atoms with Gasteiger partial charge in [-0.3, -0.25) is 0 Å². The van der Waals surface area contributed by atoms with Crippen molar-refractivity contribution in [3.63, 3.8) is 0 Å². The Morgan fingerprint density at radius 1 is 1.50 bits per heavy atom. The maximum atomic E-state index is 10.9. The highest BCUT2D eigenvalue weighted by Gasteiger charge is 2.31. The number of hydrogen-bond acceptors (Lipinski definition) is 3. The molecule has 0 bridgehead atoms. The van der Waals surface area contributed by atoms with Crippen LogP contribution in [0.5, 0.6) is 0 Å². The average Bonchev–Trinajstić information content (AvgIpc) is 1.93. The van der Waals surface area contributed by atoms with Gasteiger partial charge in [0.25, 0.3) is 0 Å². The number of halogens is 1. The topological polar surface area (TPSA) is 29.5 Å². The van der Waals surface area contributed by atoms with Gasteiger partial charge in [0, 0.05) is 18.8 Å². The molecule has 1 aliphatic rings. The molecule has 0 N–H and O–H groups in total. The van der Waals surface area contributed by atoms with Crippen LogP contribution in [0.4, 0.5) is 0 Å². The summed E-state index contributed by atoms with van der Waals surface area (Å²) in [4.78, 5) is 0. The highest BCUT2D eigenvalue weighted by Crippen LogP contribution is 2.33. The van der Waals surface area contributed by atoms with E-state index in [2.05, 4.69) is 20.8 Å². The Hall–Kier alpha value is 0.800. The second-order valence-electron chi connectivity index (χ2n) is 4.58. The summed E-state index contributed by atoms with van der Waals surface area (Å²) < 4.78 is 16.1. The zero-order valence-corrected chi connectivity index (χ0v) is 12.4. The minimum absolute atomic E-state index is 0. The van der Waals surface area contributed by atoms with Crippen LogP contribution in [0.25, 0.3) is 0 Å². The van der Waals surface area contributed by atoms with Gasteiger partial charge >= 0.3 is 0 Å². The summed E-state index contributed by atoms with van der Waals surface area (Å²) in [6, 6.07) is 0.368. The number of piperidine rings is 1. The van der Waals surface area contributed by atoms with Gasteiger partial charge in [0.2, 0.25) is 0 Å². The largest absolute Gasteiger partial charge is 0.228 e. The molecule has 0 radical (unpaired) electrons. The van der Waals surface area contributed by atoms with Gasteiger partial charge in [-0.2, -0.15) is 9.35 Å². The fraction of sp³-hybridized carbons (Fsp3) is 1.00. The lowest BCUT2D eigenvalue weighted by Gasteiger charge is -2.40. The molecule has 3 nitrogen and oxygen atoms in total. The zero-order valence-electron chi connectivity index (χ0n) is 9.28. The number of rotatable bonds is 2. The third kappa shape index (κ3) is 4.55. The maximum Gasteiger partial charge on any atom is 0.170 e. The van der Waals surface area contributed by atoms with Gasteiger partial charge in [-0.25, -0.2) is 4.21 Å². The summed E-state index contributed by atoms with van der Waals surface area (Å²) in [5, 5.41) is 1.85. The van der Waals surface area contributed by atoms with E-state index >= 15 is 0 Å². The van der Waals surface area contributed by atoms with E-state index in [9.17, 15) is 4.21 Å². The van der Waals surface area contributed by atoms with Gasteiger partial charge in [-0.1, -0.05) is 13.8 Å². The molecule has 0 aromatic rings. The van der Waals surface area contributed by atoms with Crippen LogP contribution >= 0.6 is 24.0 Å². The first-order valence-electron chi connectivity index (χ1n) is 4.69. The van der Waals surface area contributed by atoms with E-state index in [1.165, 1.54) is 0 Å². The number of nitrogens with zero attached hydrogens (tertiary/aromatic N) is 1. The Labute approximate surface area is 106 Å². The first-order valence-corrected chi connectivity index (χ1v) is 6.17. The number of hydrogen-bond donors (Lipinski definition) is 0. The predicted octanol–water partition coefficient (Wildman–Crippen LogP) is 2.34. The summed E-state index contributed by atoms with van der Waals surface area (Å²) in [7, 11) is 0. The maximum absolute atomic E-state index is 10.9. The molecule has 2 atom stereocenters. The van der Waals surface area contributed by atoms with Crippen LogP contribution < -0.4 is 0 Å². The molecule has 0 amide bonds. The van der Waals surface area contributed by atoms with Crippen LogP contribution in [0.1, 0.15) is 33.6 Å². The third-order valence-corrected chi connectivity index (χ3v) is 2.95. The van der Waals surface area contributed by atoms with Crippen LogP contribution in [0, 0.1) is 5.41 Å². The highest BCUT2D eigenvalue weighted by molar-refractivity contribution is 14.0. The van der Waals surface area contributed by atoms with Crippen LogP contribution in [0.2, 0.25) is 0 Å². The molecule has 1 heterocycles. The molecular weight excluding hydrogens is 313 g/mol. The molecule has 0 aliphatic carbocycles. The lowest BCUT2D eigenvalue weighted by atomic mass is 9.80. The molecule has 1 rings (SSSR count). The standard InChI is InChI=1S/C9H19NO2S.HI/c1-8-7-9(2,3)5-6-10(8)12-13(4)11;/h8H,5-7H2,1-4H3;1H. The second-order valence-corrected chi connectivity index (χ2v) is 5.54. The van der Waals surface area contributed by atoms with Crippen molar-refractivity contribution >= 4 is 35.1 Å². The molecule has 14 heavy (non-hydrogen) atoms. The predicted molar refractivity (Wildman–Crippen MR) is 69.7 cm³/mol. The fourth-order valence-electron chi connectivity index (χ4n) is 1.88. The van der Waals surface area contributed by atoms with Gasteiger partial charge < -0.3 is 0 Å². The van der Waals surface area contributed by atoms with E-state index in [0.29, 0.717) is 11.5 Å². The molecule has 5 heteroatoms. The summed E-state index contributed by atoms with van der Waals surface area (Å²) >= 11 is -1.18.